The van der Waals surface area contributed by atoms with Crippen molar-refractivity contribution in [2.45, 2.75) is 31.7 Å². The fourth-order valence-electron chi connectivity index (χ4n) is 4.37. The summed E-state index contributed by atoms with van der Waals surface area (Å²) in [7, 11) is 1.47. The van der Waals surface area contributed by atoms with Gasteiger partial charge in [-0.15, -0.1) is 0 Å². The number of amides is 2. The van der Waals surface area contributed by atoms with Crippen molar-refractivity contribution in [3.8, 4) is 11.1 Å². The van der Waals surface area contributed by atoms with Crippen LogP contribution in [0.15, 0.2) is 48.5 Å². The van der Waals surface area contributed by atoms with Crippen LogP contribution in [0.3, 0.4) is 0 Å². The number of fused-ring (bicyclic) bond motifs is 3. The van der Waals surface area contributed by atoms with Crippen LogP contribution in [-0.4, -0.2) is 77.6 Å². The summed E-state index contributed by atoms with van der Waals surface area (Å²) >= 11 is 0. The summed E-state index contributed by atoms with van der Waals surface area (Å²) in [6.07, 6.45) is -1.28. The Morgan fingerprint density at radius 2 is 1.57 bits per heavy atom. The van der Waals surface area contributed by atoms with Gasteiger partial charge in [-0.2, -0.15) is 0 Å². The van der Waals surface area contributed by atoms with E-state index in [4.69, 9.17) is 9.84 Å². The van der Waals surface area contributed by atoms with Gasteiger partial charge in [0.1, 0.15) is 12.6 Å². The number of carboxylic acids is 1. The minimum absolute atomic E-state index is 0.0226. The van der Waals surface area contributed by atoms with Crippen molar-refractivity contribution >= 4 is 18.0 Å². The summed E-state index contributed by atoms with van der Waals surface area (Å²) in [5.74, 6) is -1.79. The Balaban J connectivity index is 1.68. The van der Waals surface area contributed by atoms with E-state index in [9.17, 15) is 24.6 Å². The number of alkyl carbamates (subject to hydrolysis) is 1. The minimum Gasteiger partial charge on any atom is -0.481 e. The summed E-state index contributed by atoms with van der Waals surface area (Å²) in [6.45, 7) is 1.00. The van der Waals surface area contributed by atoms with Crippen LogP contribution in [0.2, 0.25) is 0 Å². The number of nitrogens with one attached hydrogen (secondary N) is 1. The molecule has 3 rings (SSSR count). The highest BCUT2D eigenvalue weighted by molar-refractivity contribution is 5.86. The van der Waals surface area contributed by atoms with Crippen molar-refractivity contribution in [3.05, 3.63) is 59.7 Å². The maximum atomic E-state index is 13.0. The Bertz CT molecular complexity index is 1020. The molecule has 9 heteroatoms. The predicted molar refractivity (Wildman–Crippen MR) is 129 cm³/mol. The van der Waals surface area contributed by atoms with Gasteiger partial charge in [0.25, 0.3) is 0 Å². The average molecular weight is 485 g/mol. The number of rotatable bonds is 11. The first kappa shape index (κ1) is 26.2. The maximum Gasteiger partial charge on any atom is 0.407 e. The summed E-state index contributed by atoms with van der Waals surface area (Å²) in [5, 5.41) is 30.6. The second-order valence-electron chi connectivity index (χ2n) is 9.28. The standard InChI is InChI=1S/C26H32N2O7/c1-26(15-29,16-30)14-28(2)24(33)22(11-12-23(31)32)27-25(34)35-13-21-19-9-5-3-7-17(19)18-8-4-6-10-20(18)21/h3-10,21-22,29-30H,11-16H2,1-2H3,(H,27,34)(H,31,32). The second-order valence-corrected chi connectivity index (χ2v) is 9.28. The van der Waals surface area contributed by atoms with Crippen LogP contribution in [0.25, 0.3) is 11.1 Å². The van der Waals surface area contributed by atoms with Crippen LogP contribution in [-0.2, 0) is 14.3 Å². The van der Waals surface area contributed by atoms with Gasteiger partial charge in [-0.05, 0) is 28.7 Å². The highest BCUT2D eigenvalue weighted by Gasteiger charge is 2.32. The molecule has 1 aliphatic carbocycles. The van der Waals surface area contributed by atoms with Gasteiger partial charge < -0.3 is 30.3 Å². The molecule has 2 aromatic carbocycles. The summed E-state index contributed by atoms with van der Waals surface area (Å²) in [6, 6.07) is 14.7. The number of aliphatic hydroxyl groups is 2. The predicted octanol–water partition coefficient (Wildman–Crippen LogP) is 2.21. The molecule has 9 nitrogen and oxygen atoms in total. The molecule has 0 saturated carbocycles. The van der Waals surface area contributed by atoms with E-state index in [1.54, 1.807) is 6.92 Å². The van der Waals surface area contributed by atoms with Crippen molar-refractivity contribution in [2.24, 2.45) is 5.41 Å². The van der Waals surface area contributed by atoms with Gasteiger partial charge in [0, 0.05) is 31.3 Å². The van der Waals surface area contributed by atoms with Gasteiger partial charge in [0.05, 0.1) is 13.2 Å². The molecule has 0 aromatic heterocycles. The molecule has 0 radical (unpaired) electrons. The van der Waals surface area contributed by atoms with Gasteiger partial charge in [-0.1, -0.05) is 55.5 Å². The summed E-state index contributed by atoms with van der Waals surface area (Å²) in [4.78, 5) is 38.0. The van der Waals surface area contributed by atoms with E-state index in [0.29, 0.717) is 0 Å². The Hall–Kier alpha value is -3.43. The van der Waals surface area contributed by atoms with Crippen molar-refractivity contribution in [3.63, 3.8) is 0 Å². The van der Waals surface area contributed by atoms with Gasteiger partial charge in [-0.3, -0.25) is 9.59 Å². The first-order chi connectivity index (χ1) is 16.7. The van der Waals surface area contributed by atoms with Crippen molar-refractivity contribution in [1.82, 2.24) is 10.2 Å². The summed E-state index contributed by atoms with van der Waals surface area (Å²) in [5.41, 5.74) is 3.33. The van der Waals surface area contributed by atoms with E-state index < -0.39 is 29.4 Å². The molecule has 35 heavy (non-hydrogen) atoms. The van der Waals surface area contributed by atoms with E-state index in [0.717, 1.165) is 22.3 Å². The quantitative estimate of drug-likeness (QED) is 0.384. The Morgan fingerprint density at radius 3 is 2.09 bits per heavy atom. The summed E-state index contributed by atoms with van der Waals surface area (Å²) < 4.78 is 5.50. The first-order valence-corrected chi connectivity index (χ1v) is 11.5. The van der Waals surface area contributed by atoms with E-state index >= 15 is 0 Å². The molecule has 2 aromatic rings. The minimum atomic E-state index is -1.13. The van der Waals surface area contributed by atoms with E-state index in [2.05, 4.69) is 5.32 Å². The highest BCUT2D eigenvalue weighted by Crippen LogP contribution is 2.44. The number of carbonyl (C=O) groups excluding carboxylic acids is 2. The smallest absolute Gasteiger partial charge is 0.407 e. The van der Waals surface area contributed by atoms with E-state index in [1.165, 1.54) is 11.9 Å². The fraction of sp³-hybridized carbons (Fsp3) is 0.423. The van der Waals surface area contributed by atoms with Crippen LogP contribution in [0.4, 0.5) is 4.79 Å². The zero-order valence-electron chi connectivity index (χ0n) is 19.9. The number of hydrogen-bond donors (Lipinski definition) is 4. The second kappa shape index (κ2) is 11.3. The molecule has 0 spiro atoms. The molecule has 0 bridgehead atoms. The number of carbonyl (C=O) groups is 3. The fourth-order valence-corrected chi connectivity index (χ4v) is 4.37. The molecule has 2 amide bonds. The normalized spacial score (nSPS) is 13.5. The van der Waals surface area contributed by atoms with Crippen LogP contribution in [0.1, 0.15) is 36.8 Å². The zero-order chi connectivity index (χ0) is 25.6. The van der Waals surface area contributed by atoms with Gasteiger partial charge in [0.2, 0.25) is 5.91 Å². The number of benzene rings is 2. The van der Waals surface area contributed by atoms with Crippen LogP contribution >= 0.6 is 0 Å². The Labute approximate surface area is 204 Å². The number of carboxylic acid groups (broad SMARTS) is 1. The third-order valence-corrected chi connectivity index (χ3v) is 6.34. The number of hydrogen-bond acceptors (Lipinski definition) is 6. The number of likely N-dealkylation sites (N-methyl/N-ethyl adjacent to an activating group) is 1. The van der Waals surface area contributed by atoms with Crippen molar-refractivity contribution < 1.29 is 34.4 Å². The van der Waals surface area contributed by atoms with E-state index in [-0.39, 0.29) is 45.1 Å². The van der Waals surface area contributed by atoms with Gasteiger partial charge in [0.15, 0.2) is 0 Å². The number of ether oxygens (including phenoxy) is 1. The number of aliphatic carboxylic acids is 1. The van der Waals surface area contributed by atoms with Gasteiger partial charge in [-0.25, -0.2) is 4.79 Å². The molecule has 188 valence electrons. The third-order valence-electron chi connectivity index (χ3n) is 6.34. The number of aliphatic hydroxyl groups excluding tert-OH is 2. The molecule has 0 heterocycles. The molecule has 0 aliphatic heterocycles. The monoisotopic (exact) mass is 484 g/mol. The Kier molecular flexibility index (Phi) is 8.48. The van der Waals surface area contributed by atoms with Crippen LogP contribution < -0.4 is 5.32 Å². The lowest BCUT2D eigenvalue weighted by atomic mass is 9.92. The van der Waals surface area contributed by atoms with Crippen molar-refractivity contribution in [2.75, 3.05) is 33.4 Å². The molecular formula is C26H32N2O7. The first-order valence-electron chi connectivity index (χ1n) is 11.5. The molecule has 1 atom stereocenters. The molecule has 0 saturated heterocycles. The molecule has 1 aliphatic rings. The Morgan fingerprint density at radius 1 is 1.03 bits per heavy atom. The lowest BCUT2D eigenvalue weighted by Gasteiger charge is -2.32. The van der Waals surface area contributed by atoms with Crippen molar-refractivity contribution in [1.29, 1.82) is 0 Å². The lowest BCUT2D eigenvalue weighted by molar-refractivity contribution is -0.138. The number of nitrogens with zero attached hydrogens (tertiary/aromatic N) is 1. The topological polar surface area (TPSA) is 136 Å². The zero-order valence-corrected chi connectivity index (χ0v) is 19.9. The molecular weight excluding hydrogens is 452 g/mol. The third kappa shape index (κ3) is 6.17. The highest BCUT2D eigenvalue weighted by atomic mass is 16.5. The van der Waals surface area contributed by atoms with Crippen LogP contribution in [0.5, 0.6) is 0 Å². The largest absolute Gasteiger partial charge is 0.481 e. The van der Waals surface area contributed by atoms with E-state index in [1.807, 2.05) is 48.5 Å². The SMILES string of the molecule is CN(CC(C)(CO)CO)C(=O)C(CCC(=O)O)NC(=O)OCC1c2ccccc2-c2ccccc21. The van der Waals surface area contributed by atoms with Crippen LogP contribution in [0, 0.1) is 5.41 Å². The maximum absolute atomic E-state index is 13.0. The average Bonchev–Trinajstić information content (AvgIpc) is 3.18. The van der Waals surface area contributed by atoms with Gasteiger partial charge >= 0.3 is 12.1 Å². The molecule has 4 N–H and O–H groups in total. The lowest BCUT2D eigenvalue weighted by Crippen LogP contribution is -2.51. The molecule has 1 unspecified atom stereocenters. The molecule has 0 fully saturated rings.